The third-order valence-electron chi connectivity index (χ3n) is 4.57. The molecule has 0 spiro atoms. The third-order valence-corrected chi connectivity index (χ3v) is 5.25. The average molecular weight is 375 g/mol. The molecule has 0 unspecified atom stereocenters. The van der Waals surface area contributed by atoms with Gasteiger partial charge in [0.25, 0.3) is 5.91 Å². The molecule has 2 N–H and O–H groups in total. The minimum Gasteiger partial charge on any atom is -0.349 e. The van der Waals surface area contributed by atoms with Crippen LogP contribution in [0.2, 0.25) is 0 Å². The number of carbonyl (C=O) groups excluding carboxylic acids is 2. The van der Waals surface area contributed by atoms with Crippen molar-refractivity contribution in [2.24, 2.45) is 7.05 Å². The van der Waals surface area contributed by atoms with Crippen LogP contribution in [0.1, 0.15) is 42.1 Å². The van der Waals surface area contributed by atoms with E-state index in [0.717, 1.165) is 5.56 Å². The summed E-state index contributed by atoms with van der Waals surface area (Å²) >= 11 is 1.51. The van der Waals surface area contributed by atoms with Crippen molar-refractivity contribution >= 4 is 23.3 Å². The van der Waals surface area contributed by atoms with Crippen LogP contribution in [0.4, 0.5) is 4.79 Å². The van der Waals surface area contributed by atoms with Gasteiger partial charge in [-0.2, -0.15) is 16.4 Å². The van der Waals surface area contributed by atoms with Gasteiger partial charge in [0.2, 0.25) is 0 Å². The van der Waals surface area contributed by atoms with Crippen LogP contribution >= 0.6 is 11.3 Å². The Morgan fingerprint density at radius 2 is 2.19 bits per heavy atom. The topological polar surface area (TPSA) is 79.3 Å². The number of aryl methyl sites for hydroxylation is 1. The van der Waals surface area contributed by atoms with Crippen LogP contribution in [0.15, 0.2) is 29.2 Å². The highest BCUT2D eigenvalue weighted by Gasteiger charge is 2.34. The largest absolute Gasteiger partial charge is 0.349 e. The molecule has 1 aliphatic rings. The molecule has 26 heavy (non-hydrogen) atoms. The number of piperidine rings is 1. The summed E-state index contributed by atoms with van der Waals surface area (Å²) in [6.07, 6.45) is 4.48. The number of carbonyl (C=O) groups is 2. The molecule has 8 heteroatoms. The summed E-state index contributed by atoms with van der Waals surface area (Å²) in [7, 11) is 1.87. The summed E-state index contributed by atoms with van der Waals surface area (Å²) in [5.74, 6) is -0.0526. The second-order valence-corrected chi connectivity index (χ2v) is 7.76. The number of hydrogen-bond acceptors (Lipinski definition) is 4. The van der Waals surface area contributed by atoms with Gasteiger partial charge >= 0.3 is 6.03 Å². The first-order valence-electron chi connectivity index (χ1n) is 8.81. The van der Waals surface area contributed by atoms with E-state index in [1.807, 2.05) is 55.0 Å². The number of likely N-dealkylation sites (tertiary alicyclic amines) is 1. The van der Waals surface area contributed by atoms with E-state index in [0.29, 0.717) is 25.1 Å². The van der Waals surface area contributed by atoms with Crippen LogP contribution in [0, 0.1) is 0 Å². The highest BCUT2D eigenvalue weighted by Crippen LogP contribution is 2.27. The second kappa shape index (κ2) is 7.90. The number of nitrogens with zero attached hydrogens (tertiary/aromatic N) is 3. The summed E-state index contributed by atoms with van der Waals surface area (Å²) in [5, 5.41) is 14.1. The summed E-state index contributed by atoms with van der Waals surface area (Å²) in [4.78, 5) is 26.7. The molecule has 2 aromatic rings. The Bertz CT molecular complexity index is 755. The lowest BCUT2D eigenvalue weighted by molar-refractivity contribution is 0.0906. The zero-order valence-corrected chi connectivity index (χ0v) is 16.1. The Kier molecular flexibility index (Phi) is 5.61. The smallest absolute Gasteiger partial charge is 0.317 e. The lowest BCUT2D eigenvalue weighted by atomic mass is 9.87. The maximum Gasteiger partial charge on any atom is 0.317 e. The van der Waals surface area contributed by atoms with Gasteiger partial charge in [-0.15, -0.1) is 0 Å². The fraction of sp³-hybridized carbons (Fsp3) is 0.500. The Labute approximate surface area is 157 Å². The first-order chi connectivity index (χ1) is 12.4. The van der Waals surface area contributed by atoms with Gasteiger partial charge in [0, 0.05) is 55.3 Å². The normalized spacial score (nSPS) is 20.2. The van der Waals surface area contributed by atoms with Crippen molar-refractivity contribution in [2.45, 2.75) is 38.3 Å². The van der Waals surface area contributed by atoms with Crippen molar-refractivity contribution in [3.8, 4) is 0 Å². The number of thiophene rings is 1. The summed E-state index contributed by atoms with van der Waals surface area (Å²) < 4.78 is 1.75. The fourth-order valence-corrected chi connectivity index (χ4v) is 3.90. The molecule has 2 atom stereocenters. The lowest BCUT2D eigenvalue weighted by Crippen LogP contribution is -2.54. The van der Waals surface area contributed by atoms with Gasteiger partial charge in [-0.05, 0) is 37.3 Å². The van der Waals surface area contributed by atoms with Gasteiger partial charge in [0.1, 0.15) is 0 Å². The van der Waals surface area contributed by atoms with Crippen LogP contribution in [0.3, 0.4) is 0 Å². The van der Waals surface area contributed by atoms with E-state index in [1.54, 1.807) is 4.68 Å². The van der Waals surface area contributed by atoms with E-state index in [-0.39, 0.29) is 29.9 Å². The quantitative estimate of drug-likeness (QED) is 0.860. The lowest BCUT2D eigenvalue weighted by Gasteiger charge is -2.38. The van der Waals surface area contributed by atoms with Crippen LogP contribution in [0.25, 0.3) is 0 Å². The molecule has 2 aromatic heterocycles. The summed E-state index contributed by atoms with van der Waals surface area (Å²) in [5.41, 5.74) is 1.71. The molecule has 0 bridgehead atoms. The molecule has 3 rings (SSSR count). The van der Waals surface area contributed by atoms with Crippen molar-refractivity contribution in [3.63, 3.8) is 0 Å². The summed E-state index contributed by atoms with van der Waals surface area (Å²) in [6.45, 7) is 5.07. The Balaban J connectivity index is 1.76. The molecule has 140 valence electrons. The molecule has 0 radical (unpaired) electrons. The van der Waals surface area contributed by atoms with Gasteiger partial charge in [0.05, 0.1) is 6.20 Å². The number of nitrogens with one attached hydrogen (secondary N) is 2. The van der Waals surface area contributed by atoms with E-state index < -0.39 is 0 Å². The zero-order chi connectivity index (χ0) is 18.7. The van der Waals surface area contributed by atoms with E-state index >= 15 is 0 Å². The van der Waals surface area contributed by atoms with Crippen molar-refractivity contribution in [1.29, 1.82) is 0 Å². The van der Waals surface area contributed by atoms with Crippen LogP contribution < -0.4 is 10.6 Å². The van der Waals surface area contributed by atoms with Crippen LogP contribution in [-0.4, -0.2) is 51.8 Å². The maximum atomic E-state index is 12.5. The van der Waals surface area contributed by atoms with Crippen molar-refractivity contribution < 1.29 is 9.59 Å². The summed E-state index contributed by atoms with van der Waals surface area (Å²) in [6, 6.07) is 1.83. The standard InChI is InChI=1S/C18H25N5O2S/c1-12(2)20-18(25)23-6-4-16(21-17(24)13-5-7-26-11-13)15(10-23)14-8-19-22(3)9-14/h5,7-9,11-12,15-16H,4,6,10H2,1-3H3,(H,20,25)(H,21,24)/t15-,16+/m0/s1. The number of hydrogen-bond donors (Lipinski definition) is 2. The van der Waals surface area contributed by atoms with Gasteiger partial charge in [0.15, 0.2) is 0 Å². The van der Waals surface area contributed by atoms with Gasteiger partial charge < -0.3 is 15.5 Å². The van der Waals surface area contributed by atoms with Crippen molar-refractivity contribution in [2.75, 3.05) is 13.1 Å². The molecular weight excluding hydrogens is 350 g/mol. The monoisotopic (exact) mass is 375 g/mol. The van der Waals surface area contributed by atoms with Crippen LogP contribution in [0.5, 0.6) is 0 Å². The van der Waals surface area contributed by atoms with E-state index in [1.165, 1.54) is 11.3 Å². The Morgan fingerprint density at radius 1 is 1.38 bits per heavy atom. The minimum absolute atomic E-state index is 0.0120. The molecular formula is C18H25N5O2S. The van der Waals surface area contributed by atoms with Crippen molar-refractivity contribution in [1.82, 2.24) is 25.3 Å². The molecule has 1 aliphatic heterocycles. The number of urea groups is 1. The highest BCUT2D eigenvalue weighted by molar-refractivity contribution is 7.08. The minimum atomic E-state index is -0.0646. The number of rotatable bonds is 4. The third kappa shape index (κ3) is 4.24. The zero-order valence-electron chi connectivity index (χ0n) is 15.3. The Hall–Kier alpha value is -2.35. The molecule has 0 saturated carbocycles. The molecule has 0 aliphatic carbocycles. The van der Waals surface area contributed by atoms with Gasteiger partial charge in [-0.1, -0.05) is 0 Å². The fourth-order valence-electron chi connectivity index (χ4n) is 3.26. The molecule has 1 saturated heterocycles. The van der Waals surface area contributed by atoms with E-state index in [9.17, 15) is 9.59 Å². The first-order valence-corrected chi connectivity index (χ1v) is 9.75. The molecule has 7 nitrogen and oxygen atoms in total. The molecule has 1 fully saturated rings. The van der Waals surface area contributed by atoms with Gasteiger partial charge in [-0.3, -0.25) is 9.48 Å². The van der Waals surface area contributed by atoms with E-state index in [4.69, 9.17) is 0 Å². The first kappa shape index (κ1) is 18.4. The molecule has 3 heterocycles. The Morgan fingerprint density at radius 3 is 2.81 bits per heavy atom. The number of amides is 3. The molecule has 0 aromatic carbocycles. The van der Waals surface area contributed by atoms with Crippen LogP contribution in [-0.2, 0) is 7.05 Å². The molecule has 3 amide bonds. The predicted molar refractivity (Wildman–Crippen MR) is 101 cm³/mol. The highest BCUT2D eigenvalue weighted by atomic mass is 32.1. The average Bonchev–Trinajstić information content (AvgIpc) is 3.26. The number of aromatic nitrogens is 2. The SMILES string of the molecule is CC(C)NC(=O)N1CC[C@@H](NC(=O)c2ccsc2)[C@H](c2cnn(C)c2)C1. The van der Waals surface area contributed by atoms with Crippen molar-refractivity contribution in [3.05, 3.63) is 40.3 Å². The second-order valence-electron chi connectivity index (χ2n) is 6.98. The maximum absolute atomic E-state index is 12.5. The van der Waals surface area contributed by atoms with Gasteiger partial charge in [-0.25, -0.2) is 4.79 Å². The van der Waals surface area contributed by atoms with E-state index in [2.05, 4.69) is 15.7 Å². The predicted octanol–water partition coefficient (Wildman–Crippen LogP) is 2.19.